The van der Waals surface area contributed by atoms with Gasteiger partial charge in [-0.25, -0.2) is 0 Å². The van der Waals surface area contributed by atoms with E-state index in [1.165, 1.54) is 9.75 Å². The van der Waals surface area contributed by atoms with Crippen molar-refractivity contribution in [2.45, 2.75) is 33.4 Å². The van der Waals surface area contributed by atoms with Crippen LogP contribution in [-0.4, -0.2) is 32.5 Å². The van der Waals surface area contributed by atoms with E-state index in [9.17, 15) is 0 Å². The second-order valence-electron chi connectivity index (χ2n) is 4.03. The fraction of sp³-hybridized carbons (Fsp3) is 0.692. The number of ether oxygens (including phenoxy) is 2. The Bertz CT molecular complexity index is 301. The molecule has 1 N–H and O–H groups in total. The van der Waals surface area contributed by atoms with Crippen LogP contribution in [0, 0.1) is 6.92 Å². The second kappa shape index (κ2) is 8.64. The number of thiophene rings is 1. The lowest BCUT2D eigenvalue weighted by Crippen LogP contribution is -2.23. The molecular formula is C13H23NO2S. The fourth-order valence-corrected chi connectivity index (χ4v) is 2.32. The van der Waals surface area contributed by atoms with Gasteiger partial charge in [0, 0.05) is 29.5 Å². The van der Waals surface area contributed by atoms with Gasteiger partial charge < -0.3 is 14.8 Å². The highest BCUT2D eigenvalue weighted by Gasteiger charge is 2.01. The van der Waals surface area contributed by atoms with Crippen LogP contribution in [0.5, 0.6) is 0 Å². The van der Waals surface area contributed by atoms with Crippen LogP contribution in [0.25, 0.3) is 0 Å². The minimum absolute atomic E-state index is 0.181. The summed E-state index contributed by atoms with van der Waals surface area (Å²) in [6.07, 6.45) is 0.181. The van der Waals surface area contributed by atoms with Crippen molar-refractivity contribution in [3.05, 3.63) is 21.9 Å². The molecule has 0 fully saturated rings. The Morgan fingerprint density at radius 3 is 2.88 bits per heavy atom. The largest absolute Gasteiger partial charge is 0.379 e. The van der Waals surface area contributed by atoms with Crippen LogP contribution in [0.1, 0.15) is 23.6 Å². The van der Waals surface area contributed by atoms with E-state index in [-0.39, 0.29) is 6.10 Å². The molecule has 0 amide bonds. The predicted molar refractivity (Wildman–Crippen MR) is 72.7 cm³/mol. The quantitative estimate of drug-likeness (QED) is 0.690. The maximum absolute atomic E-state index is 5.60. The summed E-state index contributed by atoms with van der Waals surface area (Å²) < 4.78 is 10.9. The van der Waals surface area contributed by atoms with E-state index in [1.807, 2.05) is 25.2 Å². The Labute approximate surface area is 108 Å². The zero-order chi connectivity index (χ0) is 12.5. The topological polar surface area (TPSA) is 30.5 Å². The molecule has 0 aliphatic carbocycles. The number of nitrogens with one attached hydrogen (secondary N) is 1. The molecule has 1 atom stereocenters. The van der Waals surface area contributed by atoms with E-state index < -0.39 is 0 Å². The van der Waals surface area contributed by atoms with Crippen molar-refractivity contribution in [3.63, 3.8) is 0 Å². The Hall–Kier alpha value is -0.420. The van der Waals surface area contributed by atoms with Crippen molar-refractivity contribution in [3.8, 4) is 0 Å². The zero-order valence-electron chi connectivity index (χ0n) is 11.0. The van der Waals surface area contributed by atoms with Gasteiger partial charge in [-0.1, -0.05) is 0 Å². The van der Waals surface area contributed by atoms with Crippen LogP contribution >= 0.6 is 11.3 Å². The lowest BCUT2D eigenvalue weighted by molar-refractivity contribution is -0.00193. The first kappa shape index (κ1) is 14.6. The zero-order valence-corrected chi connectivity index (χ0v) is 11.8. The van der Waals surface area contributed by atoms with E-state index in [1.54, 1.807) is 0 Å². The van der Waals surface area contributed by atoms with Crippen LogP contribution in [-0.2, 0) is 16.0 Å². The van der Waals surface area contributed by atoms with Crippen molar-refractivity contribution in [2.24, 2.45) is 0 Å². The molecular weight excluding hydrogens is 234 g/mol. The molecule has 1 heterocycles. The molecule has 1 rings (SSSR count). The highest BCUT2D eigenvalue weighted by molar-refractivity contribution is 7.11. The summed E-state index contributed by atoms with van der Waals surface area (Å²) in [7, 11) is 0. The number of hydrogen-bond donors (Lipinski definition) is 1. The van der Waals surface area contributed by atoms with Gasteiger partial charge in [0.25, 0.3) is 0 Å². The molecule has 17 heavy (non-hydrogen) atoms. The first-order valence-corrected chi connectivity index (χ1v) is 6.99. The summed E-state index contributed by atoms with van der Waals surface area (Å²) in [5, 5.41) is 3.37. The highest BCUT2D eigenvalue weighted by atomic mass is 32.1. The summed E-state index contributed by atoms with van der Waals surface area (Å²) >= 11 is 1.84. The van der Waals surface area contributed by atoms with Gasteiger partial charge in [0.1, 0.15) is 0 Å². The molecule has 0 saturated heterocycles. The number of aryl methyl sites for hydroxylation is 1. The fourth-order valence-electron chi connectivity index (χ4n) is 1.46. The summed E-state index contributed by atoms with van der Waals surface area (Å²) in [5.74, 6) is 0. The highest BCUT2D eigenvalue weighted by Crippen LogP contribution is 2.14. The maximum atomic E-state index is 5.60. The molecule has 98 valence electrons. The van der Waals surface area contributed by atoms with Crippen molar-refractivity contribution >= 4 is 11.3 Å². The molecule has 3 nitrogen and oxygen atoms in total. The molecule has 1 unspecified atom stereocenters. The van der Waals surface area contributed by atoms with Gasteiger partial charge in [-0.05, 0) is 32.9 Å². The molecule has 0 bridgehead atoms. The minimum Gasteiger partial charge on any atom is -0.379 e. The molecule has 1 aromatic rings. The minimum atomic E-state index is 0.181. The molecule has 1 aromatic heterocycles. The van der Waals surface area contributed by atoms with Crippen molar-refractivity contribution in [1.29, 1.82) is 0 Å². The smallest absolute Gasteiger partial charge is 0.0781 e. The van der Waals surface area contributed by atoms with E-state index >= 15 is 0 Å². The second-order valence-corrected chi connectivity index (χ2v) is 5.40. The normalized spacial score (nSPS) is 12.9. The first-order valence-electron chi connectivity index (χ1n) is 6.17. The van der Waals surface area contributed by atoms with Gasteiger partial charge in [0.2, 0.25) is 0 Å². The van der Waals surface area contributed by atoms with E-state index in [0.717, 1.165) is 26.3 Å². The average Bonchev–Trinajstić information content (AvgIpc) is 2.72. The van der Waals surface area contributed by atoms with Crippen LogP contribution in [0.3, 0.4) is 0 Å². The Kier molecular flexibility index (Phi) is 7.44. The third kappa shape index (κ3) is 6.78. The molecule has 0 aliphatic heterocycles. The van der Waals surface area contributed by atoms with E-state index in [0.29, 0.717) is 6.61 Å². The molecule has 0 saturated carbocycles. The van der Waals surface area contributed by atoms with Crippen LogP contribution in [0.15, 0.2) is 12.1 Å². The van der Waals surface area contributed by atoms with Gasteiger partial charge >= 0.3 is 0 Å². The third-order valence-electron chi connectivity index (χ3n) is 2.33. The van der Waals surface area contributed by atoms with E-state index in [2.05, 4.69) is 24.4 Å². The van der Waals surface area contributed by atoms with Gasteiger partial charge in [0.05, 0.1) is 19.3 Å². The number of hydrogen-bond acceptors (Lipinski definition) is 4. The van der Waals surface area contributed by atoms with Crippen LogP contribution in [0.2, 0.25) is 0 Å². The standard InChI is InChI=1S/C13H23NO2S/c1-4-15-10-11(2)16-8-7-14-9-13-6-5-12(3)17-13/h5-6,11,14H,4,7-10H2,1-3H3. The molecule has 0 aliphatic rings. The van der Waals surface area contributed by atoms with Crippen molar-refractivity contribution < 1.29 is 9.47 Å². The summed E-state index contributed by atoms with van der Waals surface area (Å²) in [4.78, 5) is 2.74. The van der Waals surface area contributed by atoms with Crippen LogP contribution < -0.4 is 5.32 Å². The Morgan fingerprint density at radius 1 is 1.41 bits per heavy atom. The summed E-state index contributed by atoms with van der Waals surface area (Å²) in [5.41, 5.74) is 0. The molecule has 0 radical (unpaired) electrons. The lowest BCUT2D eigenvalue weighted by Gasteiger charge is -2.12. The SMILES string of the molecule is CCOCC(C)OCCNCc1ccc(C)s1. The van der Waals surface area contributed by atoms with Gasteiger partial charge in [-0.2, -0.15) is 0 Å². The summed E-state index contributed by atoms with van der Waals surface area (Å²) in [6, 6.07) is 4.33. The van der Waals surface area contributed by atoms with Gasteiger partial charge in [-0.3, -0.25) is 0 Å². The first-order chi connectivity index (χ1) is 8.22. The van der Waals surface area contributed by atoms with Gasteiger partial charge in [0.15, 0.2) is 0 Å². The number of rotatable bonds is 9. The Balaban J connectivity index is 1.97. The third-order valence-corrected chi connectivity index (χ3v) is 3.33. The molecule has 4 heteroatoms. The Morgan fingerprint density at radius 2 is 2.24 bits per heavy atom. The van der Waals surface area contributed by atoms with Crippen molar-refractivity contribution in [1.82, 2.24) is 5.32 Å². The molecule has 0 spiro atoms. The van der Waals surface area contributed by atoms with Gasteiger partial charge in [-0.15, -0.1) is 11.3 Å². The predicted octanol–water partition coefficient (Wildman–Crippen LogP) is 2.59. The summed E-state index contributed by atoms with van der Waals surface area (Å²) in [6.45, 7) is 10.2. The maximum Gasteiger partial charge on any atom is 0.0781 e. The lowest BCUT2D eigenvalue weighted by atomic mass is 10.4. The molecule has 0 aromatic carbocycles. The van der Waals surface area contributed by atoms with Crippen LogP contribution in [0.4, 0.5) is 0 Å². The monoisotopic (exact) mass is 257 g/mol. The van der Waals surface area contributed by atoms with E-state index in [4.69, 9.17) is 9.47 Å². The average molecular weight is 257 g/mol. The van der Waals surface area contributed by atoms with Crippen molar-refractivity contribution in [2.75, 3.05) is 26.4 Å².